The summed E-state index contributed by atoms with van der Waals surface area (Å²) in [6.45, 7) is 0.215. The molecule has 1 aromatic carbocycles. The van der Waals surface area contributed by atoms with Crippen molar-refractivity contribution in [3.05, 3.63) is 63.5 Å². The van der Waals surface area contributed by atoms with E-state index in [-0.39, 0.29) is 12.1 Å². The van der Waals surface area contributed by atoms with E-state index >= 15 is 0 Å². The van der Waals surface area contributed by atoms with E-state index in [1.165, 1.54) is 12.3 Å². The van der Waals surface area contributed by atoms with Gasteiger partial charge in [0.25, 0.3) is 5.91 Å². The Morgan fingerprint density at radius 3 is 2.76 bits per heavy atom. The zero-order valence-electron chi connectivity index (χ0n) is 10.8. The minimum absolute atomic E-state index is 0.0278. The summed E-state index contributed by atoms with van der Waals surface area (Å²) in [5.74, 6) is 0.121. The molecule has 4 nitrogen and oxygen atoms in total. The molecule has 2 aromatic rings. The van der Waals surface area contributed by atoms with E-state index in [0.29, 0.717) is 21.4 Å². The van der Waals surface area contributed by atoms with Gasteiger partial charge in [0.1, 0.15) is 17.4 Å². The molecule has 1 N–H and O–H groups in total. The monoisotopic (exact) mass is 320 g/mol. The van der Waals surface area contributed by atoms with Crippen LogP contribution < -0.4 is 5.32 Å². The maximum Gasteiger partial charge on any atom is 0.262 e. The van der Waals surface area contributed by atoms with Crippen molar-refractivity contribution in [1.29, 1.82) is 5.26 Å². The van der Waals surface area contributed by atoms with Crippen molar-refractivity contribution in [3.63, 3.8) is 0 Å². The van der Waals surface area contributed by atoms with Crippen LogP contribution in [0.4, 0.5) is 0 Å². The van der Waals surface area contributed by atoms with Crippen molar-refractivity contribution in [2.24, 2.45) is 0 Å². The third-order valence-corrected chi connectivity index (χ3v) is 3.36. The van der Waals surface area contributed by atoms with Crippen LogP contribution in [0, 0.1) is 11.3 Å². The molecule has 1 aromatic heterocycles. The standard InChI is InChI=1S/C15H10Cl2N2O2/c16-13-4-3-10(7-14(13)17)6-11(8-18)15(20)19-9-12-2-1-5-21-12/h1-7H,9H2,(H,19,20). The number of nitrogens with zero attached hydrogens (tertiary/aromatic N) is 1. The van der Waals surface area contributed by atoms with Crippen molar-refractivity contribution in [3.8, 4) is 6.07 Å². The number of rotatable bonds is 4. The van der Waals surface area contributed by atoms with Crippen LogP contribution in [0.2, 0.25) is 10.0 Å². The van der Waals surface area contributed by atoms with Gasteiger partial charge in [-0.15, -0.1) is 0 Å². The number of halogens is 2. The number of carbonyl (C=O) groups is 1. The van der Waals surface area contributed by atoms with Crippen molar-refractivity contribution in [2.45, 2.75) is 6.54 Å². The van der Waals surface area contributed by atoms with Crippen LogP contribution in [0.3, 0.4) is 0 Å². The third-order valence-electron chi connectivity index (χ3n) is 2.62. The van der Waals surface area contributed by atoms with E-state index in [1.54, 1.807) is 30.3 Å². The van der Waals surface area contributed by atoms with E-state index < -0.39 is 5.91 Å². The Balaban J connectivity index is 2.10. The molecule has 1 heterocycles. The van der Waals surface area contributed by atoms with Gasteiger partial charge in [-0.3, -0.25) is 4.79 Å². The van der Waals surface area contributed by atoms with E-state index in [0.717, 1.165) is 0 Å². The lowest BCUT2D eigenvalue weighted by Gasteiger charge is -2.03. The zero-order valence-corrected chi connectivity index (χ0v) is 12.3. The molecule has 0 aliphatic carbocycles. The van der Waals surface area contributed by atoms with Gasteiger partial charge in [0, 0.05) is 0 Å². The van der Waals surface area contributed by atoms with Gasteiger partial charge in [-0.25, -0.2) is 0 Å². The lowest BCUT2D eigenvalue weighted by Crippen LogP contribution is -2.23. The SMILES string of the molecule is N#CC(=Cc1ccc(Cl)c(Cl)c1)C(=O)NCc1ccco1. The number of nitriles is 1. The summed E-state index contributed by atoms with van der Waals surface area (Å²) in [5, 5.41) is 12.4. The van der Waals surface area contributed by atoms with Gasteiger partial charge in [-0.1, -0.05) is 29.3 Å². The number of carbonyl (C=O) groups excluding carboxylic acids is 1. The molecule has 21 heavy (non-hydrogen) atoms. The smallest absolute Gasteiger partial charge is 0.262 e. The second kappa shape index (κ2) is 6.98. The molecule has 0 saturated carbocycles. The predicted octanol–water partition coefficient (Wildman–Crippen LogP) is 3.81. The van der Waals surface area contributed by atoms with E-state index in [4.69, 9.17) is 32.9 Å². The molecule has 0 aliphatic heterocycles. The van der Waals surface area contributed by atoms with Gasteiger partial charge in [-0.05, 0) is 35.9 Å². The second-order valence-electron chi connectivity index (χ2n) is 4.11. The van der Waals surface area contributed by atoms with Gasteiger partial charge in [0.15, 0.2) is 0 Å². The number of hydrogen-bond acceptors (Lipinski definition) is 3. The maximum atomic E-state index is 11.9. The Morgan fingerprint density at radius 2 is 2.14 bits per heavy atom. The molecule has 0 saturated heterocycles. The quantitative estimate of drug-likeness (QED) is 0.688. The highest BCUT2D eigenvalue weighted by molar-refractivity contribution is 6.42. The summed E-state index contributed by atoms with van der Waals surface area (Å²) in [6.07, 6.45) is 2.96. The predicted molar refractivity (Wildman–Crippen MR) is 80.6 cm³/mol. The molecule has 2 rings (SSSR count). The number of furan rings is 1. The Bertz CT molecular complexity index is 716. The first kappa shape index (κ1) is 15.2. The lowest BCUT2D eigenvalue weighted by atomic mass is 10.1. The molecule has 106 valence electrons. The number of benzene rings is 1. The third kappa shape index (κ3) is 4.12. The van der Waals surface area contributed by atoms with Gasteiger partial charge in [0.05, 0.1) is 22.9 Å². The summed E-state index contributed by atoms with van der Waals surface area (Å²) in [5.41, 5.74) is 0.592. The fraction of sp³-hybridized carbons (Fsp3) is 0.0667. The van der Waals surface area contributed by atoms with Gasteiger partial charge in [0.2, 0.25) is 0 Å². The van der Waals surface area contributed by atoms with Gasteiger partial charge >= 0.3 is 0 Å². The van der Waals surface area contributed by atoms with E-state index in [2.05, 4.69) is 5.32 Å². The fourth-order valence-corrected chi connectivity index (χ4v) is 1.90. The minimum atomic E-state index is -0.486. The molecular weight excluding hydrogens is 311 g/mol. The van der Waals surface area contributed by atoms with Crippen molar-refractivity contribution in [2.75, 3.05) is 0 Å². The van der Waals surface area contributed by atoms with E-state index in [1.807, 2.05) is 6.07 Å². The molecule has 0 unspecified atom stereocenters. The zero-order chi connectivity index (χ0) is 15.2. The van der Waals surface area contributed by atoms with Crippen LogP contribution >= 0.6 is 23.2 Å². The van der Waals surface area contributed by atoms with Crippen LogP contribution in [0.15, 0.2) is 46.6 Å². The molecular formula is C15H10Cl2N2O2. The molecule has 0 radical (unpaired) electrons. The first-order chi connectivity index (χ1) is 10.1. The van der Waals surface area contributed by atoms with Crippen LogP contribution in [-0.2, 0) is 11.3 Å². The Morgan fingerprint density at radius 1 is 1.33 bits per heavy atom. The van der Waals surface area contributed by atoms with Crippen LogP contribution in [-0.4, -0.2) is 5.91 Å². The highest BCUT2D eigenvalue weighted by Gasteiger charge is 2.10. The van der Waals surface area contributed by atoms with Crippen LogP contribution in [0.1, 0.15) is 11.3 Å². The molecule has 0 spiro atoms. The average molecular weight is 321 g/mol. The minimum Gasteiger partial charge on any atom is -0.467 e. The molecule has 1 amide bonds. The topological polar surface area (TPSA) is 66.0 Å². The molecule has 0 fully saturated rings. The Hall–Kier alpha value is -2.22. The Labute approximate surface area is 131 Å². The number of nitrogens with one attached hydrogen (secondary N) is 1. The first-order valence-electron chi connectivity index (χ1n) is 5.97. The number of hydrogen-bond donors (Lipinski definition) is 1. The molecule has 0 bridgehead atoms. The van der Waals surface area contributed by atoms with Gasteiger partial charge < -0.3 is 9.73 Å². The summed E-state index contributed by atoms with van der Waals surface area (Å²) in [4.78, 5) is 11.9. The first-order valence-corrected chi connectivity index (χ1v) is 6.73. The highest BCUT2D eigenvalue weighted by atomic mass is 35.5. The fourth-order valence-electron chi connectivity index (χ4n) is 1.59. The summed E-state index contributed by atoms with van der Waals surface area (Å²) >= 11 is 11.7. The van der Waals surface area contributed by atoms with Crippen molar-refractivity contribution < 1.29 is 9.21 Å². The lowest BCUT2D eigenvalue weighted by molar-refractivity contribution is -0.117. The largest absolute Gasteiger partial charge is 0.467 e. The number of amides is 1. The highest BCUT2D eigenvalue weighted by Crippen LogP contribution is 2.23. The van der Waals surface area contributed by atoms with E-state index in [9.17, 15) is 4.79 Å². The molecule has 0 atom stereocenters. The van der Waals surface area contributed by atoms with Crippen LogP contribution in [0.25, 0.3) is 6.08 Å². The molecule has 0 aliphatic rings. The average Bonchev–Trinajstić information content (AvgIpc) is 2.99. The molecule has 6 heteroatoms. The van der Waals surface area contributed by atoms with Gasteiger partial charge in [-0.2, -0.15) is 5.26 Å². The normalized spacial score (nSPS) is 11.0. The van der Waals surface area contributed by atoms with Crippen molar-refractivity contribution >= 4 is 35.2 Å². The maximum absolute atomic E-state index is 11.9. The second-order valence-corrected chi connectivity index (χ2v) is 4.92. The van der Waals surface area contributed by atoms with Crippen LogP contribution in [0.5, 0.6) is 0 Å². The Kier molecular flexibility index (Phi) is 5.04. The van der Waals surface area contributed by atoms with Crippen molar-refractivity contribution in [1.82, 2.24) is 5.32 Å². The summed E-state index contributed by atoms with van der Waals surface area (Å²) < 4.78 is 5.10. The summed E-state index contributed by atoms with van der Waals surface area (Å²) in [6, 6.07) is 10.2. The summed E-state index contributed by atoms with van der Waals surface area (Å²) in [7, 11) is 0.